The van der Waals surface area contributed by atoms with Gasteiger partial charge in [-0.15, -0.1) is 24.8 Å². The van der Waals surface area contributed by atoms with E-state index in [0.717, 1.165) is 16.9 Å². The van der Waals surface area contributed by atoms with E-state index in [4.69, 9.17) is 0 Å². The lowest BCUT2D eigenvalue weighted by Gasteiger charge is -1.90. The van der Waals surface area contributed by atoms with Crippen LogP contribution in [0.1, 0.15) is 11.6 Å². The number of halogens is 2. The first kappa shape index (κ1) is 17.7. The Kier molecular flexibility index (Phi) is 5.06. The number of imidazole rings is 2. The molecule has 0 aliphatic rings. The van der Waals surface area contributed by atoms with Gasteiger partial charge in [0.25, 0.3) is 5.69 Å². The van der Waals surface area contributed by atoms with E-state index < -0.39 is 4.92 Å². The van der Waals surface area contributed by atoms with Gasteiger partial charge in [-0.1, -0.05) is 18.2 Å². The molecule has 0 amide bonds. The van der Waals surface area contributed by atoms with Gasteiger partial charge in [0.1, 0.15) is 11.6 Å². The van der Waals surface area contributed by atoms with Crippen LogP contribution in [0.2, 0.25) is 0 Å². The van der Waals surface area contributed by atoms with E-state index in [-0.39, 0.29) is 30.5 Å². The molecule has 0 saturated carbocycles. The fraction of sp³-hybridized carbons (Fsp3) is 0.0667. The molecule has 0 atom stereocenters. The van der Waals surface area contributed by atoms with Gasteiger partial charge in [0.2, 0.25) is 0 Å². The normalized spacial score (nSPS) is 10.3. The Morgan fingerprint density at radius 1 is 0.917 bits per heavy atom. The first-order valence-electron chi connectivity index (χ1n) is 6.76. The van der Waals surface area contributed by atoms with Crippen LogP contribution >= 0.6 is 24.8 Å². The molecule has 2 heterocycles. The second-order valence-electron chi connectivity index (χ2n) is 4.99. The summed E-state index contributed by atoms with van der Waals surface area (Å²) in [4.78, 5) is 25.8. The first-order valence-corrected chi connectivity index (χ1v) is 6.76. The number of fused-ring (bicyclic) bond motifs is 2. The highest BCUT2D eigenvalue weighted by Gasteiger charge is 2.16. The first-order chi connectivity index (χ1) is 10.7. The molecule has 2 aromatic carbocycles. The van der Waals surface area contributed by atoms with Crippen molar-refractivity contribution in [2.24, 2.45) is 0 Å². The molecular weight excluding hydrogens is 353 g/mol. The number of nitrogens with zero attached hydrogens (tertiary/aromatic N) is 3. The number of hydrogen-bond donors (Lipinski definition) is 2. The molecule has 0 aliphatic carbocycles. The molecular formula is C15H13Cl2N5O2. The van der Waals surface area contributed by atoms with Crippen LogP contribution in [0.15, 0.2) is 42.5 Å². The molecule has 0 radical (unpaired) electrons. The summed E-state index contributed by atoms with van der Waals surface area (Å²) in [7, 11) is 0. The van der Waals surface area contributed by atoms with Crippen molar-refractivity contribution in [2.75, 3.05) is 0 Å². The van der Waals surface area contributed by atoms with E-state index in [1.54, 1.807) is 12.1 Å². The molecule has 2 N–H and O–H groups in total. The Morgan fingerprint density at radius 2 is 1.58 bits per heavy atom. The van der Waals surface area contributed by atoms with Crippen LogP contribution in [0.3, 0.4) is 0 Å². The summed E-state index contributed by atoms with van der Waals surface area (Å²) >= 11 is 0. The molecule has 2 aromatic heterocycles. The second kappa shape index (κ2) is 6.86. The van der Waals surface area contributed by atoms with Crippen molar-refractivity contribution in [1.82, 2.24) is 19.9 Å². The highest BCUT2D eigenvalue weighted by atomic mass is 35.5. The Balaban J connectivity index is 0.00000104. The third kappa shape index (κ3) is 3.04. The number of aromatic nitrogens is 4. The van der Waals surface area contributed by atoms with Gasteiger partial charge in [0, 0.05) is 6.07 Å². The van der Waals surface area contributed by atoms with Crippen LogP contribution in [0, 0.1) is 10.1 Å². The topological polar surface area (TPSA) is 100 Å². The highest BCUT2D eigenvalue weighted by Crippen LogP contribution is 2.23. The van der Waals surface area contributed by atoms with Crippen LogP contribution in [0.5, 0.6) is 0 Å². The van der Waals surface area contributed by atoms with Gasteiger partial charge in [0.15, 0.2) is 5.52 Å². The van der Waals surface area contributed by atoms with Gasteiger partial charge in [-0.05, 0) is 18.2 Å². The van der Waals surface area contributed by atoms with Crippen LogP contribution in [0.25, 0.3) is 22.1 Å². The smallest absolute Gasteiger partial charge is 0.297 e. The minimum absolute atomic E-state index is 0. The van der Waals surface area contributed by atoms with Crippen LogP contribution < -0.4 is 0 Å². The van der Waals surface area contributed by atoms with Gasteiger partial charge >= 0.3 is 0 Å². The summed E-state index contributed by atoms with van der Waals surface area (Å²) in [5.41, 5.74) is 2.88. The monoisotopic (exact) mass is 365 g/mol. The average molecular weight is 366 g/mol. The minimum atomic E-state index is -0.422. The standard InChI is InChI=1S/C15H11N5O2.2ClH/c21-20(22)12-7-3-6-11-15(12)19-14(18-11)8-13-16-9-4-1-2-5-10(9)17-13;;/h1-7H,8H2,(H,16,17)(H,18,19);2*1H. The van der Waals surface area contributed by atoms with Crippen LogP contribution in [0.4, 0.5) is 5.69 Å². The number of hydrogen-bond acceptors (Lipinski definition) is 4. The van der Waals surface area contributed by atoms with Gasteiger partial charge in [-0.25, -0.2) is 9.97 Å². The zero-order valence-corrected chi connectivity index (χ0v) is 13.9. The molecule has 4 rings (SSSR count). The van der Waals surface area contributed by atoms with E-state index in [0.29, 0.717) is 23.3 Å². The third-order valence-corrected chi connectivity index (χ3v) is 3.51. The van der Waals surface area contributed by atoms with Crippen molar-refractivity contribution >= 4 is 52.6 Å². The van der Waals surface area contributed by atoms with Crippen molar-refractivity contribution in [3.05, 3.63) is 64.2 Å². The van der Waals surface area contributed by atoms with Crippen LogP contribution in [-0.2, 0) is 6.42 Å². The molecule has 4 aromatic rings. The summed E-state index contributed by atoms with van der Waals surface area (Å²) < 4.78 is 0. The maximum Gasteiger partial charge on any atom is 0.297 e. The molecule has 0 bridgehead atoms. The lowest BCUT2D eigenvalue weighted by Crippen LogP contribution is -1.93. The summed E-state index contributed by atoms with van der Waals surface area (Å²) in [5, 5.41) is 11.0. The summed E-state index contributed by atoms with van der Waals surface area (Å²) in [5.74, 6) is 1.41. The number of benzene rings is 2. The lowest BCUT2D eigenvalue weighted by atomic mass is 10.3. The molecule has 7 nitrogen and oxygen atoms in total. The van der Waals surface area contributed by atoms with E-state index >= 15 is 0 Å². The number of nitro benzene ring substituents is 1. The Morgan fingerprint density at radius 3 is 2.33 bits per heavy atom. The zero-order chi connectivity index (χ0) is 15.1. The average Bonchev–Trinajstić information content (AvgIpc) is 3.08. The molecule has 0 spiro atoms. The Bertz CT molecular complexity index is 978. The van der Waals surface area contributed by atoms with Gasteiger partial charge in [-0.3, -0.25) is 10.1 Å². The number of para-hydroxylation sites is 3. The van der Waals surface area contributed by atoms with Crippen molar-refractivity contribution in [3.63, 3.8) is 0 Å². The molecule has 24 heavy (non-hydrogen) atoms. The van der Waals surface area contributed by atoms with Crippen molar-refractivity contribution in [2.45, 2.75) is 6.42 Å². The number of nitro groups is 1. The summed E-state index contributed by atoms with van der Waals surface area (Å²) in [6.07, 6.45) is 0.459. The van der Waals surface area contributed by atoms with E-state index in [2.05, 4.69) is 19.9 Å². The van der Waals surface area contributed by atoms with Crippen molar-refractivity contribution in [3.8, 4) is 0 Å². The molecule has 124 valence electrons. The summed E-state index contributed by atoms with van der Waals surface area (Å²) in [6, 6.07) is 12.6. The fourth-order valence-corrected chi connectivity index (χ4v) is 2.55. The van der Waals surface area contributed by atoms with Gasteiger partial charge < -0.3 is 9.97 Å². The molecule has 0 aliphatic heterocycles. The van der Waals surface area contributed by atoms with Crippen molar-refractivity contribution < 1.29 is 4.92 Å². The SMILES string of the molecule is Cl.Cl.O=[N+]([O-])c1cccc2[nH]c(Cc3nc4ccccc4[nH]3)nc12. The largest absolute Gasteiger partial charge is 0.342 e. The molecule has 9 heteroatoms. The highest BCUT2D eigenvalue weighted by molar-refractivity contribution is 5.86. The molecule has 0 saturated heterocycles. The lowest BCUT2D eigenvalue weighted by molar-refractivity contribution is -0.383. The van der Waals surface area contributed by atoms with Crippen LogP contribution in [-0.4, -0.2) is 24.9 Å². The second-order valence-corrected chi connectivity index (χ2v) is 4.99. The quantitative estimate of drug-likeness (QED) is 0.426. The van der Waals surface area contributed by atoms with Gasteiger partial charge in [0.05, 0.1) is 27.9 Å². The number of rotatable bonds is 3. The summed E-state index contributed by atoms with van der Waals surface area (Å²) in [6.45, 7) is 0. The number of aromatic amines is 2. The molecule has 0 unspecified atom stereocenters. The maximum absolute atomic E-state index is 11.0. The number of H-pyrrole nitrogens is 2. The van der Waals surface area contributed by atoms with Gasteiger partial charge in [-0.2, -0.15) is 0 Å². The molecule has 0 fully saturated rings. The number of nitrogens with one attached hydrogen (secondary N) is 2. The minimum Gasteiger partial charge on any atom is -0.342 e. The maximum atomic E-state index is 11.0. The van der Waals surface area contributed by atoms with Crippen molar-refractivity contribution in [1.29, 1.82) is 0 Å². The third-order valence-electron chi connectivity index (χ3n) is 3.51. The Hall–Kier alpha value is -2.64. The number of non-ortho nitro benzene ring substituents is 1. The fourth-order valence-electron chi connectivity index (χ4n) is 2.55. The van der Waals surface area contributed by atoms with E-state index in [1.165, 1.54) is 6.07 Å². The predicted octanol–water partition coefficient (Wildman–Crippen LogP) is 3.78. The van der Waals surface area contributed by atoms with E-state index in [1.807, 2.05) is 24.3 Å². The van der Waals surface area contributed by atoms with E-state index in [9.17, 15) is 10.1 Å². The predicted molar refractivity (Wildman–Crippen MR) is 96.1 cm³/mol. The zero-order valence-electron chi connectivity index (χ0n) is 12.2. The Labute approximate surface area is 148 Å².